The van der Waals surface area contributed by atoms with E-state index in [9.17, 15) is 4.79 Å². The summed E-state index contributed by atoms with van der Waals surface area (Å²) in [4.78, 5) is 18.4. The second-order valence-corrected chi connectivity index (χ2v) is 6.86. The number of rotatable bonds is 7. The lowest BCUT2D eigenvalue weighted by Gasteiger charge is -2.26. The Kier molecular flexibility index (Phi) is 11.1. The molecule has 0 atom stereocenters. The average molecular weight is 540 g/mol. The summed E-state index contributed by atoms with van der Waals surface area (Å²) in [5.41, 5.74) is 7.57. The smallest absolute Gasteiger partial charge is 0.246 e. The number of halogens is 2. The molecule has 1 aliphatic rings. The molecule has 0 unspecified atom stereocenters. The molecule has 0 bridgehead atoms. The maximum absolute atomic E-state index is 12.0. The molecule has 146 valence electrons. The zero-order chi connectivity index (χ0) is 18.1. The molecule has 0 aromatic heterocycles. The average Bonchev–Trinajstić information content (AvgIpc) is 2.61. The number of hydrogen-bond donors (Lipinski definition) is 3. The molecule has 1 aromatic rings. The van der Waals surface area contributed by atoms with Gasteiger partial charge in [0.05, 0.1) is 13.2 Å². The van der Waals surface area contributed by atoms with Gasteiger partial charge in [0.25, 0.3) is 0 Å². The number of hydrogen-bond acceptors (Lipinski definition) is 4. The van der Waals surface area contributed by atoms with Crippen LogP contribution in [-0.2, 0) is 9.53 Å². The summed E-state index contributed by atoms with van der Waals surface area (Å²) in [6.07, 6.45) is 0.972. The van der Waals surface area contributed by atoms with Crippen LogP contribution in [0.3, 0.4) is 0 Å². The van der Waals surface area contributed by atoms with Crippen molar-refractivity contribution in [2.75, 3.05) is 51.3 Å². The summed E-state index contributed by atoms with van der Waals surface area (Å²) in [6.45, 7) is 7.26. The maximum atomic E-state index is 12.0. The van der Waals surface area contributed by atoms with Crippen molar-refractivity contribution < 1.29 is 9.53 Å². The fraction of sp³-hybridized carbons (Fsp3) is 0.529. The monoisotopic (exact) mass is 539 g/mol. The molecular weight excluding hydrogens is 513 g/mol. The summed E-state index contributed by atoms with van der Waals surface area (Å²) in [7, 11) is 0. The first-order valence-corrected chi connectivity index (χ1v) is 9.24. The zero-order valence-corrected chi connectivity index (χ0v) is 18.9. The van der Waals surface area contributed by atoms with Crippen molar-refractivity contribution >= 4 is 57.5 Å². The molecule has 1 aliphatic heterocycles. The summed E-state index contributed by atoms with van der Waals surface area (Å²) in [5.74, 6) is 0.0994. The van der Waals surface area contributed by atoms with Crippen molar-refractivity contribution in [3.05, 3.63) is 28.2 Å². The Morgan fingerprint density at radius 3 is 2.85 bits per heavy atom. The van der Waals surface area contributed by atoms with Crippen molar-refractivity contribution in [3.8, 4) is 0 Å². The Balaban J connectivity index is 0.00000338. The summed E-state index contributed by atoms with van der Waals surface area (Å²) in [6, 6.07) is 5.74. The van der Waals surface area contributed by atoms with E-state index in [1.54, 1.807) is 0 Å². The number of carbonyl (C=O) groups excluding carboxylic acids is 1. The highest BCUT2D eigenvalue weighted by atomic mass is 127. The van der Waals surface area contributed by atoms with Crippen molar-refractivity contribution in [1.82, 2.24) is 10.2 Å². The molecule has 4 N–H and O–H groups in total. The van der Waals surface area contributed by atoms with E-state index in [0.717, 1.165) is 61.5 Å². The van der Waals surface area contributed by atoms with Gasteiger partial charge in [0.1, 0.15) is 6.54 Å². The van der Waals surface area contributed by atoms with Crippen LogP contribution in [0.25, 0.3) is 0 Å². The van der Waals surface area contributed by atoms with E-state index < -0.39 is 0 Å². The van der Waals surface area contributed by atoms with Crippen molar-refractivity contribution in [1.29, 1.82) is 0 Å². The molecule has 7 nitrogen and oxygen atoms in total. The van der Waals surface area contributed by atoms with Gasteiger partial charge < -0.3 is 21.1 Å². The number of carbonyl (C=O) groups is 1. The Morgan fingerprint density at radius 2 is 2.12 bits per heavy atom. The molecule has 1 saturated heterocycles. The molecule has 9 heteroatoms. The highest BCUT2D eigenvalue weighted by Crippen LogP contribution is 2.20. The Morgan fingerprint density at radius 1 is 1.38 bits per heavy atom. The minimum absolute atomic E-state index is 0. The van der Waals surface area contributed by atoms with Crippen LogP contribution in [0.5, 0.6) is 0 Å². The molecule has 0 saturated carbocycles. The number of benzene rings is 1. The van der Waals surface area contributed by atoms with Crippen LogP contribution in [0.4, 0.5) is 5.69 Å². The second-order valence-electron chi connectivity index (χ2n) is 5.94. The fourth-order valence-corrected chi connectivity index (χ4v) is 2.84. The van der Waals surface area contributed by atoms with Gasteiger partial charge in [0.15, 0.2) is 5.96 Å². The van der Waals surface area contributed by atoms with Gasteiger partial charge in [-0.3, -0.25) is 9.69 Å². The van der Waals surface area contributed by atoms with Gasteiger partial charge in [-0.15, -0.1) is 24.0 Å². The zero-order valence-electron chi connectivity index (χ0n) is 15.0. The normalized spacial score (nSPS) is 15.2. The van der Waals surface area contributed by atoms with Gasteiger partial charge in [-0.1, -0.05) is 22.0 Å². The lowest BCUT2D eigenvalue weighted by Crippen LogP contribution is -2.39. The quantitative estimate of drug-likeness (QED) is 0.213. The van der Waals surface area contributed by atoms with E-state index in [1.807, 2.05) is 25.1 Å². The fourth-order valence-electron chi connectivity index (χ4n) is 2.48. The van der Waals surface area contributed by atoms with Crippen molar-refractivity contribution in [3.63, 3.8) is 0 Å². The number of nitrogens with one attached hydrogen (secondary N) is 2. The van der Waals surface area contributed by atoms with Crippen LogP contribution >= 0.6 is 39.9 Å². The number of aliphatic imine (C=N–C) groups is 1. The molecule has 2 rings (SSSR count). The molecule has 0 spiro atoms. The number of morpholine rings is 1. The lowest BCUT2D eigenvalue weighted by molar-refractivity contribution is -0.114. The Hall–Kier alpha value is -0.910. The predicted octanol–water partition coefficient (Wildman–Crippen LogP) is 1.94. The summed E-state index contributed by atoms with van der Waals surface area (Å²) < 4.78 is 6.23. The minimum atomic E-state index is -0.195. The van der Waals surface area contributed by atoms with Gasteiger partial charge in [0.2, 0.25) is 5.91 Å². The molecule has 1 heterocycles. The third-order valence-corrected chi connectivity index (χ3v) is 4.42. The van der Waals surface area contributed by atoms with Crippen LogP contribution in [0.15, 0.2) is 27.7 Å². The number of guanidine groups is 1. The van der Waals surface area contributed by atoms with Gasteiger partial charge in [-0.05, 0) is 37.6 Å². The van der Waals surface area contributed by atoms with E-state index >= 15 is 0 Å². The SMILES string of the molecule is Cc1ccc(Br)cc1NC(=O)CN=C(N)NCCCN1CCOCC1.I. The van der Waals surface area contributed by atoms with Crippen LogP contribution < -0.4 is 16.4 Å². The maximum Gasteiger partial charge on any atom is 0.246 e. The predicted molar refractivity (Wildman–Crippen MR) is 119 cm³/mol. The summed E-state index contributed by atoms with van der Waals surface area (Å²) in [5, 5.41) is 5.88. The van der Waals surface area contributed by atoms with Gasteiger partial charge >= 0.3 is 0 Å². The van der Waals surface area contributed by atoms with E-state index in [1.165, 1.54) is 0 Å². The number of nitrogens with zero attached hydrogens (tertiary/aromatic N) is 2. The van der Waals surface area contributed by atoms with Crippen molar-refractivity contribution in [2.24, 2.45) is 10.7 Å². The first-order chi connectivity index (χ1) is 12.0. The highest BCUT2D eigenvalue weighted by Gasteiger charge is 2.09. The molecule has 1 aromatic carbocycles. The number of aryl methyl sites for hydroxylation is 1. The van der Waals surface area contributed by atoms with E-state index in [-0.39, 0.29) is 36.4 Å². The minimum Gasteiger partial charge on any atom is -0.379 e. The van der Waals surface area contributed by atoms with E-state index in [2.05, 4.69) is 36.5 Å². The number of anilines is 1. The van der Waals surface area contributed by atoms with E-state index in [4.69, 9.17) is 10.5 Å². The third-order valence-electron chi connectivity index (χ3n) is 3.93. The third kappa shape index (κ3) is 8.65. The Labute approximate surface area is 180 Å². The van der Waals surface area contributed by atoms with Gasteiger partial charge in [0, 0.05) is 29.8 Å². The Bertz CT molecular complexity index is 609. The highest BCUT2D eigenvalue weighted by molar-refractivity contribution is 14.0. The first-order valence-electron chi connectivity index (χ1n) is 8.44. The topological polar surface area (TPSA) is 92.0 Å². The van der Waals surface area contributed by atoms with Crippen LogP contribution in [0.1, 0.15) is 12.0 Å². The van der Waals surface area contributed by atoms with E-state index in [0.29, 0.717) is 5.96 Å². The van der Waals surface area contributed by atoms with Gasteiger partial charge in [-0.2, -0.15) is 0 Å². The molecular formula is C17H27BrIN5O2. The standard InChI is InChI=1S/C17H26BrN5O2.HI/c1-13-3-4-14(18)11-15(13)22-16(24)12-21-17(19)20-5-2-6-23-7-9-25-10-8-23;/h3-4,11H,2,5-10,12H2,1H3,(H,22,24)(H3,19,20,21);1H. The van der Waals surface area contributed by atoms with Crippen LogP contribution in [0.2, 0.25) is 0 Å². The van der Waals surface area contributed by atoms with Crippen LogP contribution in [-0.4, -0.2) is 62.7 Å². The molecule has 1 amide bonds. The lowest BCUT2D eigenvalue weighted by atomic mass is 10.2. The molecule has 26 heavy (non-hydrogen) atoms. The van der Waals surface area contributed by atoms with Crippen molar-refractivity contribution in [2.45, 2.75) is 13.3 Å². The van der Waals surface area contributed by atoms with Gasteiger partial charge in [-0.25, -0.2) is 4.99 Å². The first kappa shape index (κ1) is 23.1. The largest absolute Gasteiger partial charge is 0.379 e. The number of amides is 1. The summed E-state index contributed by atoms with van der Waals surface area (Å²) >= 11 is 3.39. The second kappa shape index (κ2) is 12.5. The molecule has 0 radical (unpaired) electrons. The molecule has 1 fully saturated rings. The molecule has 0 aliphatic carbocycles. The number of ether oxygens (including phenoxy) is 1. The van der Waals surface area contributed by atoms with Crippen LogP contribution in [0, 0.1) is 6.92 Å². The number of nitrogens with two attached hydrogens (primary N) is 1.